The third kappa shape index (κ3) is 0.960. The van der Waals surface area contributed by atoms with E-state index in [2.05, 4.69) is 11.1 Å². The van der Waals surface area contributed by atoms with Crippen LogP contribution in [0.5, 0.6) is 0 Å². The van der Waals surface area contributed by atoms with Gasteiger partial charge in [0.2, 0.25) is 0 Å². The third-order valence-corrected chi connectivity index (χ3v) is 2.19. The largest absolute Gasteiger partial charge is 0.397 e. The molecule has 0 aliphatic carbocycles. The highest BCUT2D eigenvalue weighted by Crippen LogP contribution is 2.25. The van der Waals surface area contributed by atoms with Crippen LogP contribution >= 0.6 is 0 Å². The molecule has 0 bridgehead atoms. The number of aromatic nitrogens is 1. The van der Waals surface area contributed by atoms with Crippen molar-refractivity contribution in [2.24, 2.45) is 0 Å². The molecule has 0 radical (unpaired) electrons. The van der Waals surface area contributed by atoms with E-state index in [0.29, 0.717) is 11.3 Å². The van der Waals surface area contributed by atoms with Gasteiger partial charge in [-0.15, -0.1) is 0 Å². The van der Waals surface area contributed by atoms with E-state index in [-0.39, 0.29) is 0 Å². The number of benzene rings is 1. The van der Waals surface area contributed by atoms with E-state index in [1.165, 1.54) is 0 Å². The van der Waals surface area contributed by atoms with E-state index in [1.54, 1.807) is 12.1 Å². The minimum absolute atomic E-state index is 0.669. The van der Waals surface area contributed by atoms with Crippen LogP contribution in [0.2, 0.25) is 0 Å². The van der Waals surface area contributed by atoms with Crippen molar-refractivity contribution in [3.8, 4) is 6.07 Å². The minimum Gasteiger partial charge on any atom is -0.397 e. The molecule has 0 atom stereocenters. The lowest BCUT2D eigenvalue weighted by Crippen LogP contribution is -1.88. The maximum Gasteiger partial charge on any atom is 0.0998 e. The summed E-state index contributed by atoms with van der Waals surface area (Å²) in [4.78, 5) is 3.05. The third-order valence-electron chi connectivity index (χ3n) is 2.19. The first kappa shape index (κ1) is 7.69. The molecule has 2 aromatic rings. The van der Waals surface area contributed by atoms with E-state index >= 15 is 0 Å². The fourth-order valence-corrected chi connectivity index (χ4v) is 1.53. The lowest BCUT2D eigenvalue weighted by Gasteiger charge is -1.98. The number of rotatable bonds is 0. The summed E-state index contributed by atoms with van der Waals surface area (Å²) in [5, 5.41) is 9.80. The Kier molecular flexibility index (Phi) is 1.49. The van der Waals surface area contributed by atoms with Crippen LogP contribution in [-0.4, -0.2) is 4.98 Å². The van der Waals surface area contributed by atoms with E-state index < -0.39 is 0 Å². The van der Waals surface area contributed by atoms with Crippen molar-refractivity contribution in [2.45, 2.75) is 6.92 Å². The number of nitrogen functional groups attached to an aromatic ring is 1. The summed E-state index contributed by atoms with van der Waals surface area (Å²) in [5.74, 6) is 0. The average molecular weight is 171 g/mol. The summed E-state index contributed by atoms with van der Waals surface area (Å²) in [6.07, 6.45) is 1.86. The van der Waals surface area contributed by atoms with Crippen LogP contribution < -0.4 is 5.73 Å². The molecule has 1 heterocycles. The Labute approximate surface area is 75.8 Å². The Morgan fingerprint density at radius 3 is 2.92 bits per heavy atom. The molecule has 0 fully saturated rings. The molecule has 64 valence electrons. The number of nitrogens with one attached hydrogen (secondary N) is 1. The fraction of sp³-hybridized carbons (Fsp3) is 0.100. The molecule has 0 aliphatic rings. The SMILES string of the molecule is Cc1c[nH]c2c(N)ccc(C#N)c12. The maximum absolute atomic E-state index is 8.86. The van der Waals surface area contributed by atoms with Crippen LogP contribution in [0.15, 0.2) is 18.3 Å². The van der Waals surface area contributed by atoms with Gasteiger partial charge in [-0.25, -0.2) is 0 Å². The lowest BCUT2D eigenvalue weighted by molar-refractivity contribution is 1.43. The quantitative estimate of drug-likeness (QED) is 0.595. The summed E-state index contributed by atoms with van der Waals surface area (Å²) in [7, 11) is 0. The van der Waals surface area contributed by atoms with Crippen molar-refractivity contribution < 1.29 is 0 Å². The number of nitrogens with zero attached hydrogens (tertiary/aromatic N) is 1. The molecule has 0 aliphatic heterocycles. The van der Waals surface area contributed by atoms with Crippen LogP contribution in [0.4, 0.5) is 5.69 Å². The summed E-state index contributed by atoms with van der Waals surface area (Å²) < 4.78 is 0. The number of hydrogen-bond donors (Lipinski definition) is 2. The highest BCUT2D eigenvalue weighted by atomic mass is 14.7. The van der Waals surface area contributed by atoms with Crippen LogP contribution in [0, 0.1) is 18.3 Å². The molecular formula is C10H9N3. The average Bonchev–Trinajstić information content (AvgIpc) is 2.51. The van der Waals surface area contributed by atoms with Crippen molar-refractivity contribution >= 4 is 16.6 Å². The molecule has 1 aromatic carbocycles. The normalized spacial score (nSPS) is 10.2. The minimum atomic E-state index is 0.669. The summed E-state index contributed by atoms with van der Waals surface area (Å²) >= 11 is 0. The van der Waals surface area contributed by atoms with Gasteiger partial charge < -0.3 is 10.7 Å². The van der Waals surface area contributed by atoms with Crippen molar-refractivity contribution in [3.05, 3.63) is 29.5 Å². The van der Waals surface area contributed by atoms with E-state index in [1.807, 2.05) is 13.1 Å². The molecule has 3 nitrogen and oxygen atoms in total. The van der Waals surface area contributed by atoms with Gasteiger partial charge in [0.15, 0.2) is 0 Å². The number of H-pyrrole nitrogens is 1. The Morgan fingerprint density at radius 1 is 1.46 bits per heavy atom. The van der Waals surface area contributed by atoms with Gasteiger partial charge in [0.25, 0.3) is 0 Å². The van der Waals surface area contributed by atoms with E-state index in [4.69, 9.17) is 11.0 Å². The van der Waals surface area contributed by atoms with Crippen molar-refractivity contribution in [1.29, 1.82) is 5.26 Å². The van der Waals surface area contributed by atoms with Crippen LogP contribution in [-0.2, 0) is 0 Å². The zero-order chi connectivity index (χ0) is 9.42. The van der Waals surface area contributed by atoms with Gasteiger partial charge in [0.1, 0.15) is 0 Å². The van der Waals surface area contributed by atoms with Gasteiger partial charge >= 0.3 is 0 Å². The topological polar surface area (TPSA) is 65.6 Å². The second-order valence-electron chi connectivity index (χ2n) is 3.04. The number of anilines is 1. The molecule has 0 saturated heterocycles. The molecule has 0 amide bonds. The number of aryl methyl sites for hydroxylation is 1. The van der Waals surface area contributed by atoms with Gasteiger partial charge in [-0.2, -0.15) is 5.26 Å². The number of nitriles is 1. The van der Waals surface area contributed by atoms with Crippen LogP contribution in [0.25, 0.3) is 10.9 Å². The van der Waals surface area contributed by atoms with Crippen LogP contribution in [0.3, 0.4) is 0 Å². The second kappa shape index (κ2) is 2.53. The predicted molar refractivity (Wildman–Crippen MR) is 52.2 cm³/mol. The lowest BCUT2D eigenvalue weighted by atomic mass is 10.1. The first-order chi connectivity index (χ1) is 6.24. The highest BCUT2D eigenvalue weighted by molar-refractivity contribution is 5.96. The number of nitrogens with two attached hydrogens (primary N) is 1. The predicted octanol–water partition coefficient (Wildman–Crippen LogP) is 1.93. The van der Waals surface area contributed by atoms with Crippen molar-refractivity contribution in [2.75, 3.05) is 5.73 Å². The summed E-state index contributed by atoms with van der Waals surface area (Å²) in [6, 6.07) is 5.64. The molecule has 13 heavy (non-hydrogen) atoms. The molecule has 0 unspecified atom stereocenters. The Hall–Kier alpha value is -1.95. The summed E-state index contributed by atoms with van der Waals surface area (Å²) in [6.45, 7) is 1.96. The van der Waals surface area contributed by atoms with Crippen molar-refractivity contribution in [1.82, 2.24) is 4.98 Å². The zero-order valence-corrected chi connectivity index (χ0v) is 7.26. The monoisotopic (exact) mass is 171 g/mol. The smallest absolute Gasteiger partial charge is 0.0998 e. The van der Waals surface area contributed by atoms with E-state index in [9.17, 15) is 0 Å². The highest BCUT2D eigenvalue weighted by Gasteiger charge is 2.07. The second-order valence-corrected chi connectivity index (χ2v) is 3.04. The Bertz CT molecular complexity index is 503. The molecule has 0 spiro atoms. The first-order valence-electron chi connectivity index (χ1n) is 4.00. The van der Waals surface area contributed by atoms with Gasteiger partial charge in [0.05, 0.1) is 22.8 Å². The van der Waals surface area contributed by atoms with Gasteiger partial charge in [0, 0.05) is 11.6 Å². The fourth-order valence-electron chi connectivity index (χ4n) is 1.53. The van der Waals surface area contributed by atoms with Gasteiger partial charge in [-0.1, -0.05) is 0 Å². The van der Waals surface area contributed by atoms with Crippen molar-refractivity contribution in [3.63, 3.8) is 0 Å². The number of fused-ring (bicyclic) bond motifs is 1. The summed E-state index contributed by atoms with van der Waals surface area (Å²) in [5.41, 5.74) is 9.02. The van der Waals surface area contributed by atoms with Crippen LogP contribution in [0.1, 0.15) is 11.1 Å². The molecule has 3 heteroatoms. The van der Waals surface area contributed by atoms with Gasteiger partial charge in [-0.05, 0) is 24.6 Å². The zero-order valence-electron chi connectivity index (χ0n) is 7.26. The Balaban J connectivity index is 2.99. The standard InChI is InChI=1S/C10H9N3/c1-6-5-13-10-8(12)3-2-7(4-11)9(6)10/h2-3,5,13H,12H2,1H3. The molecule has 0 saturated carbocycles. The maximum atomic E-state index is 8.86. The molecule has 3 N–H and O–H groups in total. The number of hydrogen-bond acceptors (Lipinski definition) is 2. The molecule has 1 aromatic heterocycles. The van der Waals surface area contributed by atoms with Gasteiger partial charge in [-0.3, -0.25) is 0 Å². The van der Waals surface area contributed by atoms with E-state index in [0.717, 1.165) is 16.5 Å². The first-order valence-corrected chi connectivity index (χ1v) is 4.00. The Morgan fingerprint density at radius 2 is 2.23 bits per heavy atom. The molecule has 2 rings (SSSR count). The number of aromatic amines is 1. The molecular weight excluding hydrogens is 162 g/mol.